The van der Waals surface area contributed by atoms with Crippen molar-refractivity contribution in [3.05, 3.63) is 84.2 Å². The van der Waals surface area contributed by atoms with Crippen molar-refractivity contribution in [2.24, 2.45) is 4.99 Å². The van der Waals surface area contributed by atoms with Crippen LogP contribution < -0.4 is 5.32 Å². The Morgan fingerprint density at radius 1 is 0.889 bits per heavy atom. The van der Waals surface area contributed by atoms with E-state index in [1.54, 1.807) is 18.2 Å². The molecular formula is C30H35FN4O. The number of nitrogens with zero attached hydrogens (tertiary/aromatic N) is 3. The van der Waals surface area contributed by atoms with E-state index in [0.717, 1.165) is 48.6 Å². The van der Waals surface area contributed by atoms with Crippen molar-refractivity contribution in [3.8, 4) is 16.9 Å². The number of rotatable bonds is 6. The van der Waals surface area contributed by atoms with E-state index in [1.807, 2.05) is 36.4 Å². The number of halogens is 1. The number of anilines is 1. The smallest absolute Gasteiger partial charge is 0.198 e. The Labute approximate surface area is 213 Å². The van der Waals surface area contributed by atoms with Crippen LogP contribution in [0.3, 0.4) is 0 Å². The van der Waals surface area contributed by atoms with Crippen LogP contribution in [0.5, 0.6) is 5.75 Å². The summed E-state index contributed by atoms with van der Waals surface area (Å²) in [5.74, 6) is 0.743. The predicted molar refractivity (Wildman–Crippen MR) is 145 cm³/mol. The van der Waals surface area contributed by atoms with Gasteiger partial charge in [0.15, 0.2) is 5.96 Å². The lowest BCUT2D eigenvalue weighted by atomic mass is 10.0. The van der Waals surface area contributed by atoms with Crippen LogP contribution in [-0.2, 0) is 6.42 Å². The maximum atomic E-state index is 13.6. The van der Waals surface area contributed by atoms with Gasteiger partial charge in [-0.15, -0.1) is 0 Å². The van der Waals surface area contributed by atoms with Gasteiger partial charge < -0.3 is 20.2 Å². The number of piperidine rings is 1. The highest BCUT2D eigenvalue weighted by Crippen LogP contribution is 2.30. The molecule has 0 spiro atoms. The number of phenolic OH excluding ortho intramolecular Hbond substituents is 1. The summed E-state index contributed by atoms with van der Waals surface area (Å²) < 4.78 is 13.6. The first kappa shape index (κ1) is 24.3. The summed E-state index contributed by atoms with van der Waals surface area (Å²) in [4.78, 5) is 9.86. The number of guanidine groups is 1. The fraction of sp³-hybridized carbons (Fsp3) is 0.367. The van der Waals surface area contributed by atoms with Crippen molar-refractivity contribution < 1.29 is 9.50 Å². The Morgan fingerprint density at radius 2 is 1.67 bits per heavy atom. The molecule has 0 amide bonds. The summed E-state index contributed by atoms with van der Waals surface area (Å²) in [5.41, 5.74) is 3.70. The van der Waals surface area contributed by atoms with E-state index in [4.69, 9.17) is 4.99 Å². The van der Waals surface area contributed by atoms with E-state index >= 15 is 0 Å². The number of aromatic hydroxyl groups is 1. The molecule has 0 radical (unpaired) electrons. The SMILES string of the molecule is Oc1ccc(-c2ccccc2)cc1NC(=NCCc1cccc(F)c1)N1CCC(N2CCCC2)CC1. The van der Waals surface area contributed by atoms with E-state index in [2.05, 4.69) is 27.2 Å². The first-order chi connectivity index (χ1) is 17.7. The topological polar surface area (TPSA) is 51.1 Å². The second-order valence-electron chi connectivity index (χ2n) is 9.77. The average molecular weight is 487 g/mol. The summed E-state index contributed by atoms with van der Waals surface area (Å²) in [7, 11) is 0. The fourth-order valence-electron chi connectivity index (χ4n) is 5.32. The second-order valence-corrected chi connectivity index (χ2v) is 9.77. The minimum atomic E-state index is -0.221. The minimum absolute atomic E-state index is 0.194. The van der Waals surface area contributed by atoms with Crippen molar-refractivity contribution in [2.75, 3.05) is 38.0 Å². The first-order valence-corrected chi connectivity index (χ1v) is 13.1. The maximum Gasteiger partial charge on any atom is 0.198 e. The maximum absolute atomic E-state index is 13.6. The molecule has 0 saturated carbocycles. The fourth-order valence-corrected chi connectivity index (χ4v) is 5.32. The molecule has 3 aromatic carbocycles. The normalized spacial score (nSPS) is 17.5. The Kier molecular flexibility index (Phi) is 7.82. The van der Waals surface area contributed by atoms with Gasteiger partial charge in [0.05, 0.1) is 5.69 Å². The van der Waals surface area contributed by atoms with Crippen LogP contribution in [0.25, 0.3) is 11.1 Å². The molecule has 0 atom stereocenters. The quantitative estimate of drug-likeness (QED) is 0.264. The number of aliphatic imine (C=N–C) groups is 1. The van der Waals surface area contributed by atoms with Gasteiger partial charge in [-0.2, -0.15) is 0 Å². The zero-order chi connectivity index (χ0) is 24.7. The number of nitrogens with one attached hydrogen (secondary N) is 1. The summed E-state index contributed by atoms with van der Waals surface area (Å²) in [6, 6.07) is 23.1. The molecule has 0 bridgehead atoms. The predicted octanol–water partition coefficient (Wildman–Crippen LogP) is 5.77. The molecule has 0 aromatic heterocycles. The van der Waals surface area contributed by atoms with Gasteiger partial charge >= 0.3 is 0 Å². The van der Waals surface area contributed by atoms with Gasteiger partial charge in [-0.1, -0.05) is 48.5 Å². The molecule has 2 saturated heterocycles. The van der Waals surface area contributed by atoms with Crippen LogP contribution in [0.2, 0.25) is 0 Å². The van der Waals surface area contributed by atoms with E-state index < -0.39 is 0 Å². The zero-order valence-corrected chi connectivity index (χ0v) is 20.7. The van der Waals surface area contributed by atoms with Crippen LogP contribution in [0.4, 0.5) is 10.1 Å². The number of hydrogen-bond donors (Lipinski definition) is 2. The van der Waals surface area contributed by atoms with E-state index in [0.29, 0.717) is 24.7 Å². The second kappa shape index (κ2) is 11.6. The highest BCUT2D eigenvalue weighted by Gasteiger charge is 2.28. The lowest BCUT2D eigenvalue weighted by Crippen LogP contribution is -2.47. The largest absolute Gasteiger partial charge is 0.506 e. The molecule has 0 aliphatic carbocycles. The van der Waals surface area contributed by atoms with Crippen molar-refractivity contribution in [1.82, 2.24) is 9.80 Å². The van der Waals surface area contributed by atoms with Crippen LogP contribution >= 0.6 is 0 Å². The van der Waals surface area contributed by atoms with Crippen LogP contribution in [0.1, 0.15) is 31.2 Å². The Balaban J connectivity index is 1.34. The Bertz CT molecular complexity index is 1170. The third-order valence-corrected chi connectivity index (χ3v) is 7.32. The molecule has 188 valence electrons. The van der Waals surface area contributed by atoms with Gasteiger partial charge in [-0.3, -0.25) is 4.99 Å². The molecule has 0 unspecified atom stereocenters. The average Bonchev–Trinajstić information content (AvgIpc) is 3.45. The molecule has 2 aliphatic heterocycles. The Hall–Kier alpha value is -3.38. The number of hydrogen-bond acceptors (Lipinski definition) is 3. The van der Waals surface area contributed by atoms with Gasteiger partial charge in [0, 0.05) is 25.7 Å². The molecule has 2 aliphatic rings. The molecule has 2 heterocycles. The molecule has 36 heavy (non-hydrogen) atoms. The van der Waals surface area contributed by atoms with Crippen molar-refractivity contribution in [2.45, 2.75) is 38.1 Å². The summed E-state index contributed by atoms with van der Waals surface area (Å²) in [5, 5.41) is 14.1. The molecule has 3 aromatic rings. The standard InChI is InChI=1S/C30H35FN4O/c31-26-10-6-7-23(21-26)13-16-32-30(35-19-14-27(15-20-35)34-17-4-5-18-34)33-28-22-25(11-12-29(28)36)24-8-2-1-3-9-24/h1-3,6-12,21-22,27,36H,4-5,13-20H2,(H,32,33). The molecule has 2 fully saturated rings. The van der Waals surface area contributed by atoms with Crippen LogP contribution in [-0.4, -0.2) is 59.6 Å². The lowest BCUT2D eigenvalue weighted by Gasteiger charge is -2.38. The van der Waals surface area contributed by atoms with Crippen molar-refractivity contribution in [1.29, 1.82) is 0 Å². The van der Waals surface area contributed by atoms with E-state index in [1.165, 1.54) is 32.0 Å². The monoisotopic (exact) mass is 486 g/mol. The molecule has 2 N–H and O–H groups in total. The van der Waals surface area contributed by atoms with Gasteiger partial charge in [0.2, 0.25) is 0 Å². The number of benzene rings is 3. The molecule has 5 rings (SSSR count). The highest BCUT2D eigenvalue weighted by atomic mass is 19.1. The van der Waals surface area contributed by atoms with Crippen LogP contribution in [0, 0.1) is 5.82 Å². The van der Waals surface area contributed by atoms with Gasteiger partial charge in [-0.05, 0) is 86.1 Å². The van der Waals surface area contributed by atoms with Gasteiger partial charge in [0.25, 0.3) is 0 Å². The highest BCUT2D eigenvalue weighted by molar-refractivity contribution is 5.96. The minimum Gasteiger partial charge on any atom is -0.506 e. The third kappa shape index (κ3) is 6.05. The molecule has 5 nitrogen and oxygen atoms in total. The van der Waals surface area contributed by atoms with Crippen LogP contribution in [0.15, 0.2) is 77.8 Å². The van der Waals surface area contributed by atoms with E-state index in [-0.39, 0.29) is 11.6 Å². The molecule has 6 heteroatoms. The third-order valence-electron chi connectivity index (χ3n) is 7.32. The lowest BCUT2D eigenvalue weighted by molar-refractivity contribution is 0.163. The van der Waals surface area contributed by atoms with Crippen molar-refractivity contribution in [3.63, 3.8) is 0 Å². The summed E-state index contributed by atoms with van der Waals surface area (Å²) in [6.07, 6.45) is 5.50. The van der Waals surface area contributed by atoms with Gasteiger partial charge in [0.1, 0.15) is 11.6 Å². The summed E-state index contributed by atoms with van der Waals surface area (Å²) >= 11 is 0. The molecular weight excluding hydrogens is 451 g/mol. The number of phenols is 1. The zero-order valence-electron chi connectivity index (χ0n) is 20.7. The Morgan fingerprint density at radius 3 is 2.42 bits per heavy atom. The van der Waals surface area contributed by atoms with Crippen molar-refractivity contribution >= 4 is 11.6 Å². The van der Waals surface area contributed by atoms with E-state index in [9.17, 15) is 9.50 Å². The summed E-state index contributed by atoms with van der Waals surface area (Å²) in [6.45, 7) is 4.82. The van der Waals surface area contributed by atoms with Gasteiger partial charge in [-0.25, -0.2) is 4.39 Å². The number of likely N-dealkylation sites (tertiary alicyclic amines) is 2. The first-order valence-electron chi connectivity index (χ1n) is 13.1.